The van der Waals surface area contributed by atoms with Gasteiger partial charge in [0.25, 0.3) is 0 Å². The molecular formula is C25H18F3N3O. The molecule has 1 aliphatic carbocycles. The second kappa shape index (κ2) is 7.37. The summed E-state index contributed by atoms with van der Waals surface area (Å²) in [6.07, 6.45) is 0.858. The summed E-state index contributed by atoms with van der Waals surface area (Å²) in [7, 11) is 0. The van der Waals surface area contributed by atoms with E-state index in [9.17, 15) is 18.0 Å². The monoisotopic (exact) mass is 433 g/mol. The molecule has 3 aromatic carbocycles. The van der Waals surface area contributed by atoms with Crippen LogP contribution in [0.1, 0.15) is 27.2 Å². The molecule has 160 valence electrons. The molecule has 1 aliphatic rings. The fourth-order valence-corrected chi connectivity index (χ4v) is 4.23. The van der Waals surface area contributed by atoms with Crippen molar-refractivity contribution in [2.75, 3.05) is 0 Å². The van der Waals surface area contributed by atoms with E-state index in [1.165, 1.54) is 16.8 Å². The molecule has 0 bridgehead atoms. The lowest BCUT2D eigenvalue weighted by Crippen LogP contribution is -2.11. The minimum atomic E-state index is -4.60. The van der Waals surface area contributed by atoms with Gasteiger partial charge in [-0.25, -0.2) is 4.68 Å². The van der Waals surface area contributed by atoms with Crippen molar-refractivity contribution in [2.24, 2.45) is 5.73 Å². The zero-order valence-corrected chi connectivity index (χ0v) is 16.9. The van der Waals surface area contributed by atoms with Crippen molar-refractivity contribution < 1.29 is 18.0 Å². The summed E-state index contributed by atoms with van der Waals surface area (Å²) in [5.41, 5.74) is 8.19. The van der Waals surface area contributed by atoms with Gasteiger partial charge in [0.05, 0.1) is 11.4 Å². The number of nitrogens with two attached hydrogens (primary N) is 1. The van der Waals surface area contributed by atoms with Crippen molar-refractivity contribution in [1.82, 2.24) is 9.78 Å². The average Bonchev–Trinajstić information content (AvgIpc) is 3.23. The van der Waals surface area contributed by atoms with Gasteiger partial charge in [-0.05, 0) is 65.1 Å². The van der Waals surface area contributed by atoms with E-state index >= 15 is 0 Å². The Morgan fingerprint density at radius 1 is 0.969 bits per heavy atom. The summed E-state index contributed by atoms with van der Waals surface area (Å²) in [6.45, 7) is 0. The van der Waals surface area contributed by atoms with E-state index in [1.807, 2.05) is 30.3 Å². The summed E-state index contributed by atoms with van der Waals surface area (Å²) in [4.78, 5) is 11.4. The molecule has 5 rings (SSSR count). The minimum absolute atomic E-state index is 0.270. The van der Waals surface area contributed by atoms with Gasteiger partial charge in [0.15, 0.2) is 5.69 Å². The predicted molar refractivity (Wildman–Crippen MR) is 117 cm³/mol. The molecule has 0 spiro atoms. The number of rotatable bonds is 3. The largest absolute Gasteiger partial charge is 0.435 e. The van der Waals surface area contributed by atoms with E-state index in [4.69, 9.17) is 5.73 Å². The first-order chi connectivity index (χ1) is 15.3. The average molecular weight is 433 g/mol. The third kappa shape index (κ3) is 3.36. The van der Waals surface area contributed by atoms with Crippen LogP contribution in [0.3, 0.4) is 0 Å². The molecular weight excluding hydrogens is 415 g/mol. The van der Waals surface area contributed by atoms with Crippen LogP contribution in [0.4, 0.5) is 13.2 Å². The third-order valence-electron chi connectivity index (χ3n) is 5.73. The zero-order valence-electron chi connectivity index (χ0n) is 16.9. The summed E-state index contributed by atoms with van der Waals surface area (Å²) in [5, 5.41) is 5.74. The van der Waals surface area contributed by atoms with Gasteiger partial charge in [-0.2, -0.15) is 18.3 Å². The first-order valence-electron chi connectivity index (χ1n) is 10.1. The number of fused-ring (bicyclic) bond motifs is 2. The highest BCUT2D eigenvalue weighted by Gasteiger charge is 2.36. The van der Waals surface area contributed by atoms with Crippen LogP contribution in [0.5, 0.6) is 0 Å². The Balaban J connectivity index is 1.82. The van der Waals surface area contributed by atoms with Crippen LogP contribution in [0.15, 0.2) is 72.8 Å². The van der Waals surface area contributed by atoms with E-state index in [0.717, 1.165) is 39.9 Å². The van der Waals surface area contributed by atoms with Crippen LogP contribution in [0.2, 0.25) is 0 Å². The fraction of sp³-hybridized carbons (Fsp3) is 0.120. The van der Waals surface area contributed by atoms with Crippen molar-refractivity contribution in [3.8, 4) is 16.9 Å². The molecule has 0 atom stereocenters. The van der Waals surface area contributed by atoms with Crippen LogP contribution in [0, 0.1) is 0 Å². The molecule has 0 unspecified atom stereocenters. The maximum Gasteiger partial charge on any atom is 0.435 e. The number of hydrogen-bond donors (Lipinski definition) is 1. The number of nitrogens with zero attached hydrogens (tertiary/aromatic N) is 2. The first-order valence-corrected chi connectivity index (χ1v) is 10.1. The van der Waals surface area contributed by atoms with Crippen molar-refractivity contribution >= 4 is 16.7 Å². The predicted octanol–water partition coefficient (Wildman–Crippen LogP) is 5.47. The topological polar surface area (TPSA) is 60.9 Å². The molecule has 1 aromatic heterocycles. The standard InChI is InChI=1S/C25H18F3N3O/c26-25(27,28)22-14-21(31(30-22)18-11-9-15(10-12-18)24(29)32)23-19-7-3-1-5-16(19)13-17-6-2-4-8-20(17)23/h1-5,7,9-14H,6,8H2,(H2,29,32). The van der Waals surface area contributed by atoms with Gasteiger partial charge in [-0.15, -0.1) is 0 Å². The molecule has 1 amide bonds. The summed E-state index contributed by atoms with van der Waals surface area (Å²) in [6, 6.07) is 16.9. The lowest BCUT2D eigenvalue weighted by atomic mass is 9.86. The minimum Gasteiger partial charge on any atom is -0.366 e. The molecule has 1 heterocycles. The van der Waals surface area contributed by atoms with Gasteiger partial charge < -0.3 is 5.73 Å². The van der Waals surface area contributed by atoms with Gasteiger partial charge in [-0.3, -0.25) is 4.79 Å². The second-order valence-electron chi connectivity index (χ2n) is 7.73. The van der Waals surface area contributed by atoms with Crippen LogP contribution in [-0.2, 0) is 19.0 Å². The number of primary amides is 1. The molecule has 7 heteroatoms. The van der Waals surface area contributed by atoms with Gasteiger partial charge in [0, 0.05) is 11.1 Å². The summed E-state index contributed by atoms with van der Waals surface area (Å²) in [5.74, 6) is -0.608. The number of hydrogen-bond acceptors (Lipinski definition) is 2. The number of benzene rings is 3. The van der Waals surface area contributed by atoms with E-state index in [-0.39, 0.29) is 5.56 Å². The lowest BCUT2D eigenvalue weighted by molar-refractivity contribution is -0.141. The quantitative estimate of drug-likeness (QED) is 0.436. The zero-order chi connectivity index (χ0) is 22.5. The first kappa shape index (κ1) is 20.1. The van der Waals surface area contributed by atoms with Crippen LogP contribution >= 0.6 is 0 Å². The van der Waals surface area contributed by atoms with Gasteiger partial charge in [0.2, 0.25) is 5.91 Å². The van der Waals surface area contributed by atoms with Crippen molar-refractivity contribution in [3.63, 3.8) is 0 Å². The summed E-state index contributed by atoms with van der Waals surface area (Å²) >= 11 is 0. The molecule has 32 heavy (non-hydrogen) atoms. The number of alkyl halides is 3. The second-order valence-corrected chi connectivity index (χ2v) is 7.73. The Bertz CT molecular complexity index is 1380. The molecule has 0 radical (unpaired) electrons. The van der Waals surface area contributed by atoms with Crippen molar-refractivity contribution in [2.45, 2.75) is 19.0 Å². The Hall–Kier alpha value is -3.87. The fourth-order valence-electron chi connectivity index (χ4n) is 4.23. The highest BCUT2D eigenvalue weighted by atomic mass is 19.4. The van der Waals surface area contributed by atoms with Gasteiger partial charge >= 0.3 is 6.18 Å². The number of halogens is 3. The molecule has 0 saturated heterocycles. The van der Waals surface area contributed by atoms with Gasteiger partial charge in [-0.1, -0.05) is 42.5 Å². The molecule has 2 N–H and O–H groups in total. The van der Waals surface area contributed by atoms with Gasteiger partial charge in [0.1, 0.15) is 0 Å². The molecule has 4 aromatic rings. The Morgan fingerprint density at radius 2 is 1.69 bits per heavy atom. The van der Waals surface area contributed by atoms with E-state index in [1.54, 1.807) is 12.1 Å². The Morgan fingerprint density at radius 3 is 2.41 bits per heavy atom. The number of carbonyl (C=O) groups is 1. The van der Waals surface area contributed by atoms with E-state index in [0.29, 0.717) is 17.8 Å². The van der Waals surface area contributed by atoms with Crippen molar-refractivity contribution in [3.05, 3.63) is 95.2 Å². The smallest absolute Gasteiger partial charge is 0.366 e. The molecule has 0 aliphatic heterocycles. The maximum atomic E-state index is 13.7. The van der Waals surface area contributed by atoms with Crippen molar-refractivity contribution in [1.29, 1.82) is 0 Å². The highest BCUT2D eigenvalue weighted by Crippen LogP contribution is 2.40. The Kier molecular flexibility index (Phi) is 4.62. The number of carbonyl (C=O) groups excluding carboxylic acids is 1. The number of allylic oxidation sites excluding steroid dienone is 2. The van der Waals surface area contributed by atoms with E-state index < -0.39 is 17.8 Å². The third-order valence-corrected chi connectivity index (χ3v) is 5.73. The lowest BCUT2D eigenvalue weighted by Gasteiger charge is -2.20. The Labute approximate surface area is 181 Å². The number of aromatic nitrogens is 2. The SMILES string of the molecule is NC(=O)c1ccc(-n2nc(C(F)(F)F)cc2-c2c3c(cc4ccccc24)CC=CC3)cc1. The molecule has 0 saturated carbocycles. The maximum absolute atomic E-state index is 13.7. The van der Waals surface area contributed by atoms with E-state index in [2.05, 4.69) is 17.2 Å². The summed E-state index contributed by atoms with van der Waals surface area (Å²) < 4.78 is 42.4. The van der Waals surface area contributed by atoms with Crippen LogP contribution in [-0.4, -0.2) is 15.7 Å². The molecule has 4 nitrogen and oxygen atoms in total. The van der Waals surface area contributed by atoms with Crippen LogP contribution in [0.25, 0.3) is 27.7 Å². The normalized spacial score (nSPS) is 13.3. The van der Waals surface area contributed by atoms with Crippen LogP contribution < -0.4 is 5.73 Å². The number of amides is 1. The molecule has 0 fully saturated rings. The highest BCUT2D eigenvalue weighted by molar-refractivity contribution is 5.99.